The van der Waals surface area contributed by atoms with Gasteiger partial charge in [0, 0.05) is 12.6 Å². The van der Waals surface area contributed by atoms with Crippen LogP contribution in [0.5, 0.6) is 5.75 Å². The van der Waals surface area contributed by atoms with E-state index in [1.54, 1.807) is 42.5 Å². The minimum atomic E-state index is -0.336. The molecule has 35 heavy (non-hydrogen) atoms. The summed E-state index contributed by atoms with van der Waals surface area (Å²) in [6.07, 6.45) is 0. The lowest BCUT2D eigenvalue weighted by atomic mass is 10.1. The summed E-state index contributed by atoms with van der Waals surface area (Å²) in [5, 5.41) is 26.1. The van der Waals surface area contributed by atoms with Crippen molar-refractivity contribution in [3.05, 3.63) is 87.5 Å². The molecule has 5 rings (SSSR count). The number of imidazole rings is 1. The van der Waals surface area contributed by atoms with E-state index in [0.717, 1.165) is 16.6 Å². The van der Waals surface area contributed by atoms with E-state index in [1.807, 2.05) is 34.4 Å². The van der Waals surface area contributed by atoms with Gasteiger partial charge in [-0.2, -0.15) is 0 Å². The number of rotatable bonds is 5. The quantitative estimate of drug-likeness (QED) is 0.330. The van der Waals surface area contributed by atoms with Crippen molar-refractivity contribution in [1.29, 1.82) is 0 Å². The number of H-pyrrole nitrogens is 1. The second kappa shape index (κ2) is 9.24. The lowest BCUT2D eigenvalue weighted by Crippen LogP contribution is -2.24. The highest BCUT2D eigenvalue weighted by Gasteiger charge is 2.14. The van der Waals surface area contributed by atoms with E-state index in [0.29, 0.717) is 33.5 Å². The Labute approximate surface area is 208 Å². The van der Waals surface area contributed by atoms with Crippen LogP contribution in [-0.2, 0) is 13.6 Å². The second-order valence-electron chi connectivity index (χ2n) is 7.73. The van der Waals surface area contributed by atoms with Crippen molar-refractivity contribution >= 4 is 51.8 Å². The fourth-order valence-corrected chi connectivity index (χ4v) is 3.99. The van der Waals surface area contributed by atoms with Crippen LogP contribution in [0.2, 0.25) is 10.0 Å². The highest BCUT2D eigenvalue weighted by Crippen LogP contribution is 2.28. The summed E-state index contributed by atoms with van der Waals surface area (Å²) in [6.45, 7) is 0.458. The van der Waals surface area contributed by atoms with E-state index in [1.165, 1.54) is 0 Å². The van der Waals surface area contributed by atoms with Crippen LogP contribution in [-0.4, -0.2) is 40.8 Å². The van der Waals surface area contributed by atoms with E-state index in [4.69, 9.17) is 28.2 Å². The number of carbonyl (C=O) groups is 1. The number of hydrogen-bond donors (Lipinski definition) is 3. The fourth-order valence-electron chi connectivity index (χ4n) is 3.68. The van der Waals surface area contributed by atoms with Crippen LogP contribution in [0.1, 0.15) is 15.9 Å². The number of anilines is 1. The van der Waals surface area contributed by atoms with E-state index in [9.17, 15) is 9.90 Å². The van der Waals surface area contributed by atoms with Crippen LogP contribution in [0.25, 0.3) is 11.0 Å². The summed E-state index contributed by atoms with van der Waals surface area (Å²) in [7, 11) is 1.90. The number of aryl methyl sites for hydroxylation is 1. The number of phenolic OH excluding ortho intramolecular Hbond substituents is 1. The molecular weight excluding hydrogens is 491 g/mol. The Morgan fingerprint density at radius 1 is 1.06 bits per heavy atom. The Morgan fingerprint density at radius 3 is 2.40 bits per heavy atom. The molecule has 0 unspecified atom stereocenters. The molecular formula is C23H18Cl2N8O2. The maximum atomic E-state index is 12.4. The minimum absolute atomic E-state index is 0.163. The molecule has 2 aromatic heterocycles. The van der Waals surface area contributed by atoms with Gasteiger partial charge in [-0.3, -0.25) is 10.1 Å². The molecule has 2 heterocycles. The molecule has 0 saturated carbocycles. The van der Waals surface area contributed by atoms with Crippen molar-refractivity contribution in [2.24, 2.45) is 12.0 Å². The number of hydrogen-bond acceptors (Lipinski definition) is 6. The molecule has 10 nitrogen and oxygen atoms in total. The van der Waals surface area contributed by atoms with Gasteiger partial charge in [-0.05, 0) is 64.5 Å². The molecule has 0 aliphatic rings. The molecule has 0 aliphatic heterocycles. The zero-order chi connectivity index (χ0) is 24.5. The van der Waals surface area contributed by atoms with Crippen molar-refractivity contribution in [1.82, 2.24) is 29.8 Å². The molecule has 0 aliphatic carbocycles. The van der Waals surface area contributed by atoms with Crippen molar-refractivity contribution in [2.75, 3.05) is 5.32 Å². The maximum absolute atomic E-state index is 12.4. The van der Waals surface area contributed by atoms with Gasteiger partial charge in [-0.15, -0.1) is 0 Å². The van der Waals surface area contributed by atoms with E-state index in [2.05, 4.69) is 25.9 Å². The van der Waals surface area contributed by atoms with Gasteiger partial charge in [-0.1, -0.05) is 40.4 Å². The molecule has 0 saturated heterocycles. The van der Waals surface area contributed by atoms with Crippen LogP contribution in [0.3, 0.4) is 0 Å². The Morgan fingerprint density at radius 2 is 1.74 bits per heavy atom. The Balaban J connectivity index is 1.54. The number of nitrogens with zero attached hydrogens (tertiary/aromatic N) is 6. The molecule has 5 aromatic rings. The number of phenols is 1. The standard InChI is InChI=1S/C23H18Cl2N8O2/c1-32-19-10-17(24)18(25)11-20(19)33(23(32)26-15-6-8-16(34)9-7-15)12-13-2-4-14(5-3-13)21(35)27-22-28-30-31-29-22/h2-11,34H,12H2,1H3,(H2,27,28,29,30,31,35). The van der Waals surface area contributed by atoms with E-state index < -0.39 is 0 Å². The van der Waals surface area contributed by atoms with Crippen LogP contribution in [0.4, 0.5) is 11.6 Å². The number of amides is 1. The Bertz CT molecular complexity index is 1590. The number of aromatic amines is 1. The van der Waals surface area contributed by atoms with Crippen LogP contribution in [0, 0.1) is 0 Å². The van der Waals surface area contributed by atoms with Gasteiger partial charge < -0.3 is 14.2 Å². The summed E-state index contributed by atoms with van der Waals surface area (Å²) in [5.41, 5.74) is 4.43. The largest absolute Gasteiger partial charge is 0.508 e. The number of aromatic nitrogens is 6. The summed E-state index contributed by atoms with van der Waals surface area (Å²) in [5.74, 6) is -0.00472. The Kier molecular flexibility index (Phi) is 5.98. The zero-order valence-electron chi connectivity index (χ0n) is 18.3. The molecule has 3 aromatic carbocycles. The van der Waals surface area contributed by atoms with Crippen LogP contribution < -0.4 is 10.9 Å². The topological polar surface area (TPSA) is 126 Å². The summed E-state index contributed by atoms with van der Waals surface area (Å²) in [4.78, 5) is 17.2. The first kappa shape index (κ1) is 22.6. The Hall–Kier alpha value is -4.15. The number of nitrogens with one attached hydrogen (secondary N) is 2. The molecule has 0 fully saturated rings. The number of fused-ring (bicyclic) bond motifs is 1. The number of aromatic hydroxyl groups is 1. The predicted molar refractivity (Wildman–Crippen MR) is 132 cm³/mol. The highest BCUT2D eigenvalue weighted by molar-refractivity contribution is 6.42. The van der Waals surface area contributed by atoms with Crippen molar-refractivity contribution < 1.29 is 9.90 Å². The van der Waals surface area contributed by atoms with Crippen LogP contribution in [0.15, 0.2) is 65.7 Å². The minimum Gasteiger partial charge on any atom is -0.508 e. The fraction of sp³-hybridized carbons (Fsp3) is 0.0870. The van der Waals surface area contributed by atoms with Crippen LogP contribution >= 0.6 is 23.2 Å². The number of benzene rings is 3. The zero-order valence-corrected chi connectivity index (χ0v) is 19.8. The van der Waals surface area contributed by atoms with Gasteiger partial charge in [0.05, 0.1) is 33.3 Å². The van der Waals surface area contributed by atoms with Gasteiger partial charge in [0.1, 0.15) is 5.75 Å². The first-order valence-electron chi connectivity index (χ1n) is 10.4. The molecule has 176 valence electrons. The molecule has 0 atom stereocenters. The second-order valence-corrected chi connectivity index (χ2v) is 8.54. The molecule has 0 spiro atoms. The SMILES string of the molecule is Cn1c(=Nc2ccc(O)cc2)n(Cc2ccc(C(=O)Nc3nnn[nH]3)cc2)c2cc(Cl)c(Cl)cc21. The van der Waals surface area contributed by atoms with Crippen molar-refractivity contribution in [2.45, 2.75) is 6.54 Å². The molecule has 1 amide bonds. The van der Waals surface area contributed by atoms with Gasteiger partial charge in [0.15, 0.2) is 0 Å². The maximum Gasteiger partial charge on any atom is 0.258 e. The third-order valence-electron chi connectivity index (χ3n) is 5.42. The third-order valence-corrected chi connectivity index (χ3v) is 6.15. The van der Waals surface area contributed by atoms with Gasteiger partial charge in [-0.25, -0.2) is 10.1 Å². The summed E-state index contributed by atoms with van der Waals surface area (Å²) < 4.78 is 3.94. The first-order valence-corrected chi connectivity index (χ1v) is 11.2. The first-order chi connectivity index (χ1) is 16.9. The summed E-state index contributed by atoms with van der Waals surface area (Å²) in [6, 6.07) is 17.4. The highest BCUT2D eigenvalue weighted by atomic mass is 35.5. The number of halogens is 2. The summed E-state index contributed by atoms with van der Waals surface area (Å²) >= 11 is 12.6. The average Bonchev–Trinajstić information content (AvgIpc) is 3.44. The number of carbonyl (C=O) groups excluding carboxylic acids is 1. The van der Waals surface area contributed by atoms with E-state index in [-0.39, 0.29) is 17.6 Å². The molecule has 0 bridgehead atoms. The van der Waals surface area contributed by atoms with Gasteiger partial charge in [0.2, 0.25) is 11.6 Å². The smallest absolute Gasteiger partial charge is 0.258 e. The van der Waals surface area contributed by atoms with Crippen molar-refractivity contribution in [3.63, 3.8) is 0 Å². The molecule has 12 heteroatoms. The molecule has 3 N–H and O–H groups in total. The predicted octanol–water partition coefficient (Wildman–Crippen LogP) is 4.04. The van der Waals surface area contributed by atoms with Gasteiger partial charge >= 0.3 is 0 Å². The van der Waals surface area contributed by atoms with E-state index >= 15 is 0 Å². The average molecular weight is 509 g/mol. The number of tetrazole rings is 1. The lowest BCUT2D eigenvalue weighted by Gasteiger charge is -2.08. The normalized spacial score (nSPS) is 11.8. The monoisotopic (exact) mass is 508 g/mol. The lowest BCUT2D eigenvalue weighted by molar-refractivity contribution is 0.102. The van der Waals surface area contributed by atoms with Gasteiger partial charge in [0.25, 0.3) is 5.91 Å². The molecule has 0 radical (unpaired) electrons. The third kappa shape index (κ3) is 4.61. The van der Waals surface area contributed by atoms with Crippen molar-refractivity contribution in [3.8, 4) is 5.75 Å².